The third-order valence-corrected chi connectivity index (χ3v) is 4.40. The van der Waals surface area contributed by atoms with Crippen molar-refractivity contribution in [2.24, 2.45) is 4.99 Å². The SMILES string of the molecule is CN=C(NCCc1cc(Br)ccc1F)NCc1ncc(C)s1.I. The van der Waals surface area contributed by atoms with Gasteiger partial charge < -0.3 is 10.6 Å². The molecule has 0 amide bonds. The molecule has 1 aromatic heterocycles. The average molecular weight is 513 g/mol. The van der Waals surface area contributed by atoms with E-state index in [9.17, 15) is 4.39 Å². The van der Waals surface area contributed by atoms with E-state index in [-0.39, 0.29) is 29.8 Å². The maximum absolute atomic E-state index is 13.6. The first-order chi connectivity index (χ1) is 10.6. The normalized spacial score (nSPS) is 11.0. The molecular weight excluding hydrogens is 494 g/mol. The third-order valence-electron chi connectivity index (χ3n) is 2.99. The van der Waals surface area contributed by atoms with Gasteiger partial charge in [-0.25, -0.2) is 9.37 Å². The fourth-order valence-electron chi connectivity index (χ4n) is 1.91. The Balaban J connectivity index is 0.00000264. The highest BCUT2D eigenvalue weighted by Gasteiger charge is 2.04. The summed E-state index contributed by atoms with van der Waals surface area (Å²) in [6.45, 7) is 3.26. The molecule has 0 aliphatic heterocycles. The molecule has 0 radical (unpaired) electrons. The van der Waals surface area contributed by atoms with Gasteiger partial charge in [-0.05, 0) is 37.1 Å². The predicted molar refractivity (Wildman–Crippen MR) is 108 cm³/mol. The van der Waals surface area contributed by atoms with Gasteiger partial charge in [0.15, 0.2) is 5.96 Å². The van der Waals surface area contributed by atoms with Crippen LogP contribution in [0.25, 0.3) is 0 Å². The average Bonchev–Trinajstić information content (AvgIpc) is 2.91. The van der Waals surface area contributed by atoms with Gasteiger partial charge >= 0.3 is 0 Å². The topological polar surface area (TPSA) is 49.3 Å². The van der Waals surface area contributed by atoms with E-state index >= 15 is 0 Å². The van der Waals surface area contributed by atoms with E-state index in [0.717, 1.165) is 9.48 Å². The summed E-state index contributed by atoms with van der Waals surface area (Å²) in [6, 6.07) is 4.96. The van der Waals surface area contributed by atoms with E-state index in [0.29, 0.717) is 31.0 Å². The zero-order chi connectivity index (χ0) is 15.9. The summed E-state index contributed by atoms with van der Waals surface area (Å²) in [7, 11) is 1.71. The van der Waals surface area contributed by atoms with Crippen molar-refractivity contribution >= 4 is 57.2 Å². The molecule has 2 rings (SSSR count). The van der Waals surface area contributed by atoms with E-state index < -0.39 is 0 Å². The smallest absolute Gasteiger partial charge is 0.191 e. The van der Waals surface area contributed by atoms with E-state index in [1.807, 2.05) is 13.1 Å². The minimum Gasteiger partial charge on any atom is -0.356 e. The lowest BCUT2D eigenvalue weighted by atomic mass is 10.1. The van der Waals surface area contributed by atoms with Gasteiger partial charge in [0.25, 0.3) is 0 Å². The highest BCUT2D eigenvalue weighted by Crippen LogP contribution is 2.15. The lowest BCUT2D eigenvalue weighted by Crippen LogP contribution is -2.37. The van der Waals surface area contributed by atoms with Crippen LogP contribution < -0.4 is 10.6 Å². The molecule has 1 aromatic carbocycles. The molecule has 4 nitrogen and oxygen atoms in total. The number of thiazole rings is 1. The number of aliphatic imine (C=N–C) groups is 1. The van der Waals surface area contributed by atoms with Gasteiger partial charge in [0.2, 0.25) is 0 Å². The Morgan fingerprint density at radius 3 is 2.83 bits per heavy atom. The largest absolute Gasteiger partial charge is 0.356 e. The van der Waals surface area contributed by atoms with Gasteiger partial charge in [-0.2, -0.15) is 0 Å². The molecule has 0 spiro atoms. The number of nitrogens with one attached hydrogen (secondary N) is 2. The second kappa shape index (κ2) is 10.2. The zero-order valence-electron chi connectivity index (χ0n) is 12.9. The van der Waals surface area contributed by atoms with E-state index in [2.05, 4.69) is 36.5 Å². The van der Waals surface area contributed by atoms with Gasteiger partial charge in [0, 0.05) is 29.1 Å². The fraction of sp³-hybridized carbons (Fsp3) is 0.333. The van der Waals surface area contributed by atoms with Crippen LogP contribution in [0.2, 0.25) is 0 Å². The van der Waals surface area contributed by atoms with E-state index in [1.165, 1.54) is 10.9 Å². The lowest BCUT2D eigenvalue weighted by Gasteiger charge is -2.11. The number of nitrogens with zero attached hydrogens (tertiary/aromatic N) is 2. The quantitative estimate of drug-likeness (QED) is 0.363. The van der Waals surface area contributed by atoms with Crippen LogP contribution in [0.15, 0.2) is 33.9 Å². The van der Waals surface area contributed by atoms with Crippen LogP contribution in [0, 0.1) is 12.7 Å². The molecule has 0 saturated carbocycles. The zero-order valence-corrected chi connectivity index (χ0v) is 17.6. The first-order valence-electron chi connectivity index (χ1n) is 6.88. The Labute approximate surface area is 165 Å². The van der Waals surface area contributed by atoms with Crippen molar-refractivity contribution in [1.29, 1.82) is 0 Å². The monoisotopic (exact) mass is 512 g/mol. The molecular formula is C15H19BrFIN4S. The van der Waals surface area contributed by atoms with Crippen molar-refractivity contribution in [2.45, 2.75) is 19.9 Å². The molecule has 23 heavy (non-hydrogen) atoms. The highest BCUT2D eigenvalue weighted by molar-refractivity contribution is 14.0. The minimum absolute atomic E-state index is 0. The van der Waals surface area contributed by atoms with Gasteiger partial charge in [0.1, 0.15) is 10.8 Å². The summed E-state index contributed by atoms with van der Waals surface area (Å²) >= 11 is 5.01. The molecule has 0 atom stereocenters. The van der Waals surface area contributed by atoms with Gasteiger partial charge in [-0.15, -0.1) is 35.3 Å². The van der Waals surface area contributed by atoms with Gasteiger partial charge in [-0.1, -0.05) is 15.9 Å². The number of halogens is 3. The Morgan fingerprint density at radius 1 is 1.39 bits per heavy atom. The molecule has 0 unspecified atom stereocenters. The number of aryl methyl sites for hydroxylation is 1. The van der Waals surface area contributed by atoms with E-state index in [1.54, 1.807) is 30.5 Å². The van der Waals surface area contributed by atoms with Crippen LogP contribution in [-0.4, -0.2) is 24.5 Å². The van der Waals surface area contributed by atoms with Crippen molar-refractivity contribution in [3.63, 3.8) is 0 Å². The Kier molecular flexibility index (Phi) is 9.00. The van der Waals surface area contributed by atoms with Crippen molar-refractivity contribution in [3.8, 4) is 0 Å². The second-order valence-electron chi connectivity index (χ2n) is 4.70. The van der Waals surface area contributed by atoms with Crippen LogP contribution in [-0.2, 0) is 13.0 Å². The highest BCUT2D eigenvalue weighted by atomic mass is 127. The molecule has 126 valence electrons. The molecule has 1 heterocycles. The van der Waals surface area contributed by atoms with Crippen molar-refractivity contribution in [1.82, 2.24) is 15.6 Å². The van der Waals surface area contributed by atoms with Gasteiger partial charge in [-0.3, -0.25) is 4.99 Å². The van der Waals surface area contributed by atoms with Gasteiger partial charge in [0.05, 0.1) is 6.54 Å². The van der Waals surface area contributed by atoms with Crippen LogP contribution in [0.4, 0.5) is 4.39 Å². The molecule has 2 N–H and O–H groups in total. The number of guanidine groups is 1. The maximum Gasteiger partial charge on any atom is 0.191 e. The summed E-state index contributed by atoms with van der Waals surface area (Å²) in [6.07, 6.45) is 2.44. The first-order valence-corrected chi connectivity index (χ1v) is 8.49. The van der Waals surface area contributed by atoms with Crippen molar-refractivity contribution < 1.29 is 4.39 Å². The van der Waals surface area contributed by atoms with Crippen LogP contribution in [0.3, 0.4) is 0 Å². The second-order valence-corrected chi connectivity index (χ2v) is 6.94. The van der Waals surface area contributed by atoms with Crippen molar-refractivity contribution in [2.75, 3.05) is 13.6 Å². The molecule has 0 aliphatic rings. The summed E-state index contributed by atoms with van der Waals surface area (Å²) in [5.74, 6) is 0.495. The lowest BCUT2D eigenvalue weighted by molar-refractivity contribution is 0.606. The number of rotatable bonds is 5. The van der Waals surface area contributed by atoms with Crippen molar-refractivity contribution in [3.05, 3.63) is 50.1 Å². The standard InChI is InChI=1S/C15H18BrFN4S.HI/c1-10-8-20-14(22-10)9-21-15(18-2)19-6-5-11-7-12(16)3-4-13(11)17;/h3-4,7-8H,5-6,9H2,1-2H3,(H2,18,19,21);1H. The fourth-order valence-corrected chi connectivity index (χ4v) is 3.05. The number of aromatic nitrogens is 1. The first kappa shape index (κ1) is 20.3. The molecule has 8 heteroatoms. The number of hydrogen-bond donors (Lipinski definition) is 2. The molecule has 0 fully saturated rings. The number of benzene rings is 1. The van der Waals surface area contributed by atoms with Crippen LogP contribution >= 0.6 is 51.2 Å². The summed E-state index contributed by atoms with van der Waals surface area (Å²) < 4.78 is 14.5. The Morgan fingerprint density at radius 2 is 2.17 bits per heavy atom. The van der Waals surface area contributed by atoms with E-state index in [4.69, 9.17) is 0 Å². The Bertz CT molecular complexity index is 663. The summed E-state index contributed by atoms with van der Waals surface area (Å²) in [5, 5.41) is 7.38. The Hall–Kier alpha value is -0.740. The van der Waals surface area contributed by atoms with Crippen LogP contribution in [0.1, 0.15) is 15.4 Å². The minimum atomic E-state index is -0.189. The molecule has 2 aromatic rings. The molecule has 0 bridgehead atoms. The predicted octanol–water partition coefficient (Wildman–Crippen LogP) is 3.88. The third kappa shape index (κ3) is 6.72. The molecule has 0 saturated heterocycles. The number of hydrogen-bond acceptors (Lipinski definition) is 3. The van der Waals surface area contributed by atoms with Crippen LogP contribution in [0.5, 0.6) is 0 Å². The summed E-state index contributed by atoms with van der Waals surface area (Å²) in [5.41, 5.74) is 0.674. The maximum atomic E-state index is 13.6. The molecule has 0 aliphatic carbocycles. The summed E-state index contributed by atoms with van der Waals surface area (Å²) in [4.78, 5) is 9.62.